The second kappa shape index (κ2) is 8.08. The Morgan fingerprint density at radius 2 is 1.78 bits per heavy atom. The molecule has 1 aliphatic heterocycles. The van der Waals surface area contributed by atoms with Gasteiger partial charge in [-0.05, 0) is 19.3 Å². The van der Waals surface area contributed by atoms with Gasteiger partial charge in [0.15, 0.2) is 0 Å². The molecule has 2 unspecified atom stereocenters. The average molecular weight is 258 g/mol. The topological polar surface area (TPSA) is 61.8 Å². The van der Waals surface area contributed by atoms with E-state index in [1.807, 2.05) is 13.8 Å². The molecule has 1 heterocycles. The summed E-state index contributed by atoms with van der Waals surface area (Å²) < 4.78 is 15.7. The average Bonchev–Trinajstić information content (AvgIpc) is 2.75. The number of esters is 2. The van der Waals surface area contributed by atoms with Gasteiger partial charge in [0, 0.05) is 19.3 Å². The third kappa shape index (κ3) is 5.49. The molecule has 1 aliphatic rings. The number of hydrogen-bond acceptors (Lipinski definition) is 5. The molecule has 0 bridgehead atoms. The van der Waals surface area contributed by atoms with E-state index in [1.54, 1.807) is 0 Å². The van der Waals surface area contributed by atoms with E-state index in [-0.39, 0.29) is 24.6 Å². The van der Waals surface area contributed by atoms with Gasteiger partial charge in [0.2, 0.25) is 6.29 Å². The minimum absolute atomic E-state index is 0.148. The van der Waals surface area contributed by atoms with Crippen LogP contribution in [0.3, 0.4) is 0 Å². The van der Waals surface area contributed by atoms with Gasteiger partial charge in [0.05, 0.1) is 6.10 Å². The van der Waals surface area contributed by atoms with Gasteiger partial charge in [-0.2, -0.15) is 0 Å². The highest BCUT2D eigenvalue weighted by atomic mass is 16.7. The molecule has 2 atom stereocenters. The first-order valence-electron chi connectivity index (χ1n) is 6.66. The van der Waals surface area contributed by atoms with E-state index in [4.69, 9.17) is 14.2 Å². The minimum Gasteiger partial charge on any atom is -0.463 e. The fourth-order valence-corrected chi connectivity index (χ4v) is 1.75. The Morgan fingerprint density at radius 3 is 2.44 bits per heavy atom. The predicted octanol–water partition coefficient (Wildman–Crippen LogP) is 2.18. The maximum absolute atomic E-state index is 11.3. The second-order valence-electron chi connectivity index (χ2n) is 4.44. The summed E-state index contributed by atoms with van der Waals surface area (Å²) in [6.45, 7) is 4.10. The Labute approximate surface area is 108 Å². The molecule has 0 aromatic heterocycles. The Bertz CT molecular complexity index is 277. The number of carbonyl (C=O) groups excluding carboxylic acids is 2. The molecule has 5 heteroatoms. The number of hydrogen-bond donors (Lipinski definition) is 0. The summed E-state index contributed by atoms with van der Waals surface area (Å²) in [4.78, 5) is 22.5. The summed E-state index contributed by atoms with van der Waals surface area (Å²) in [7, 11) is 0. The largest absolute Gasteiger partial charge is 0.463 e. The number of carbonyl (C=O) groups is 2. The lowest BCUT2D eigenvalue weighted by Crippen LogP contribution is -2.22. The van der Waals surface area contributed by atoms with Gasteiger partial charge in [0.1, 0.15) is 6.61 Å². The third-order valence-corrected chi connectivity index (χ3v) is 2.67. The normalized spacial score (nSPS) is 22.8. The Kier molecular flexibility index (Phi) is 6.72. The molecule has 0 spiro atoms. The molecule has 1 saturated heterocycles. The molecular weight excluding hydrogens is 236 g/mol. The van der Waals surface area contributed by atoms with Crippen LogP contribution in [0.1, 0.15) is 52.4 Å². The van der Waals surface area contributed by atoms with E-state index < -0.39 is 6.29 Å². The van der Waals surface area contributed by atoms with Crippen LogP contribution in [0.2, 0.25) is 0 Å². The molecule has 0 saturated carbocycles. The van der Waals surface area contributed by atoms with E-state index in [0.717, 1.165) is 19.3 Å². The van der Waals surface area contributed by atoms with Crippen LogP contribution < -0.4 is 0 Å². The van der Waals surface area contributed by atoms with Crippen LogP contribution in [0.25, 0.3) is 0 Å². The molecule has 0 aliphatic carbocycles. The van der Waals surface area contributed by atoms with Crippen molar-refractivity contribution in [2.75, 3.05) is 6.61 Å². The molecule has 5 nitrogen and oxygen atoms in total. The highest BCUT2D eigenvalue weighted by Crippen LogP contribution is 2.21. The molecule has 1 rings (SSSR count). The summed E-state index contributed by atoms with van der Waals surface area (Å²) in [6.07, 6.45) is 3.20. The molecule has 0 radical (unpaired) electrons. The van der Waals surface area contributed by atoms with E-state index in [2.05, 4.69) is 0 Å². The zero-order valence-electron chi connectivity index (χ0n) is 11.1. The molecule has 0 N–H and O–H groups in total. The maximum atomic E-state index is 11.3. The number of ether oxygens (including phenoxy) is 3. The lowest BCUT2D eigenvalue weighted by atomic mass is 10.2. The predicted molar refractivity (Wildman–Crippen MR) is 64.8 cm³/mol. The molecule has 18 heavy (non-hydrogen) atoms. The van der Waals surface area contributed by atoms with Crippen molar-refractivity contribution in [3.63, 3.8) is 0 Å². The van der Waals surface area contributed by atoms with Gasteiger partial charge in [-0.1, -0.05) is 13.8 Å². The summed E-state index contributed by atoms with van der Waals surface area (Å²) in [5, 5.41) is 0. The fraction of sp³-hybridized carbons (Fsp3) is 0.846. The van der Waals surface area contributed by atoms with Gasteiger partial charge in [0.25, 0.3) is 0 Å². The summed E-state index contributed by atoms with van der Waals surface area (Å²) in [5.41, 5.74) is 0. The Hall–Kier alpha value is -1.10. The van der Waals surface area contributed by atoms with Gasteiger partial charge in [-0.3, -0.25) is 9.59 Å². The van der Waals surface area contributed by atoms with Gasteiger partial charge in [-0.25, -0.2) is 0 Å². The van der Waals surface area contributed by atoms with Gasteiger partial charge >= 0.3 is 11.9 Å². The van der Waals surface area contributed by atoms with Crippen LogP contribution in [0.5, 0.6) is 0 Å². The monoisotopic (exact) mass is 258 g/mol. The lowest BCUT2D eigenvalue weighted by molar-refractivity contribution is -0.180. The standard InChI is InChI=1S/C13H22O5/c1-3-5-11(14)16-9-10-7-8-13(17-10)18-12(15)6-4-2/h10,13H,3-9H2,1-2H3. The second-order valence-corrected chi connectivity index (χ2v) is 4.44. The van der Waals surface area contributed by atoms with Crippen LogP contribution in [-0.2, 0) is 23.8 Å². The van der Waals surface area contributed by atoms with Crippen molar-refractivity contribution in [1.82, 2.24) is 0 Å². The summed E-state index contributed by atoms with van der Waals surface area (Å²) in [6, 6.07) is 0. The van der Waals surface area contributed by atoms with Crippen molar-refractivity contribution in [3.05, 3.63) is 0 Å². The van der Waals surface area contributed by atoms with Gasteiger partial charge in [-0.15, -0.1) is 0 Å². The van der Waals surface area contributed by atoms with Crippen LogP contribution in [0.15, 0.2) is 0 Å². The maximum Gasteiger partial charge on any atom is 0.308 e. The zero-order valence-corrected chi connectivity index (χ0v) is 11.1. The van der Waals surface area contributed by atoms with Crippen molar-refractivity contribution < 1.29 is 23.8 Å². The highest BCUT2D eigenvalue weighted by molar-refractivity contribution is 5.69. The summed E-state index contributed by atoms with van der Waals surface area (Å²) in [5.74, 6) is -0.432. The van der Waals surface area contributed by atoms with Crippen molar-refractivity contribution >= 4 is 11.9 Å². The number of rotatable bonds is 7. The lowest BCUT2D eigenvalue weighted by Gasteiger charge is -2.14. The molecule has 0 amide bonds. The van der Waals surface area contributed by atoms with E-state index in [0.29, 0.717) is 19.3 Å². The Morgan fingerprint density at radius 1 is 1.11 bits per heavy atom. The minimum atomic E-state index is -0.473. The first-order chi connectivity index (χ1) is 8.65. The van der Waals surface area contributed by atoms with Crippen molar-refractivity contribution in [1.29, 1.82) is 0 Å². The molecule has 0 aromatic rings. The molecule has 104 valence electrons. The zero-order chi connectivity index (χ0) is 13.4. The Balaban J connectivity index is 2.16. The van der Waals surface area contributed by atoms with Crippen LogP contribution >= 0.6 is 0 Å². The molecular formula is C13H22O5. The van der Waals surface area contributed by atoms with E-state index >= 15 is 0 Å². The molecule has 1 fully saturated rings. The van der Waals surface area contributed by atoms with Crippen molar-refractivity contribution in [3.8, 4) is 0 Å². The first-order valence-corrected chi connectivity index (χ1v) is 6.66. The summed E-state index contributed by atoms with van der Waals surface area (Å²) >= 11 is 0. The van der Waals surface area contributed by atoms with Crippen LogP contribution in [0, 0.1) is 0 Å². The smallest absolute Gasteiger partial charge is 0.308 e. The SMILES string of the molecule is CCCC(=O)OCC1CCC(OC(=O)CCC)O1. The fourth-order valence-electron chi connectivity index (χ4n) is 1.75. The van der Waals surface area contributed by atoms with Crippen LogP contribution in [-0.4, -0.2) is 30.9 Å². The van der Waals surface area contributed by atoms with E-state index in [1.165, 1.54) is 0 Å². The van der Waals surface area contributed by atoms with Crippen molar-refractivity contribution in [2.45, 2.75) is 64.8 Å². The highest BCUT2D eigenvalue weighted by Gasteiger charge is 2.28. The first kappa shape index (κ1) is 15.0. The van der Waals surface area contributed by atoms with E-state index in [9.17, 15) is 9.59 Å². The van der Waals surface area contributed by atoms with Crippen molar-refractivity contribution in [2.24, 2.45) is 0 Å². The van der Waals surface area contributed by atoms with Gasteiger partial charge < -0.3 is 14.2 Å². The third-order valence-electron chi connectivity index (χ3n) is 2.67. The van der Waals surface area contributed by atoms with Crippen LogP contribution in [0.4, 0.5) is 0 Å². The quantitative estimate of drug-likeness (QED) is 0.655. The molecule has 0 aromatic carbocycles.